The Labute approximate surface area is 138 Å². The van der Waals surface area contributed by atoms with Crippen LogP contribution in [0, 0.1) is 0 Å². The molecule has 0 spiro atoms. The van der Waals surface area contributed by atoms with Crippen molar-refractivity contribution in [1.82, 2.24) is 9.97 Å². The summed E-state index contributed by atoms with van der Waals surface area (Å²) in [4.78, 5) is 20.4. The Kier molecular flexibility index (Phi) is 4.83. The lowest BCUT2D eigenvalue weighted by Gasteiger charge is -2.05. The van der Waals surface area contributed by atoms with Gasteiger partial charge in [0.25, 0.3) is 0 Å². The molecule has 0 saturated heterocycles. The average Bonchev–Trinajstić information content (AvgIpc) is 2.96. The van der Waals surface area contributed by atoms with Gasteiger partial charge in [-0.3, -0.25) is 10.1 Å². The Bertz CT molecular complexity index is 766. The summed E-state index contributed by atoms with van der Waals surface area (Å²) in [5.74, 6) is 1.54. The van der Waals surface area contributed by atoms with Gasteiger partial charge in [0.05, 0.1) is 23.4 Å². The van der Waals surface area contributed by atoms with E-state index in [2.05, 4.69) is 15.3 Å². The maximum atomic E-state index is 12.0. The standard InChI is InChI=1S/C17H17N3O2S/c1-2-22-12-7-9-13(10-8-12)23-11-16(21)20-17-18-14-5-3-4-6-15(14)19-17/h3-10H,2,11H2,1H3,(H2,18,19,20,21). The van der Waals surface area contributed by atoms with Crippen molar-refractivity contribution in [2.75, 3.05) is 17.7 Å². The van der Waals surface area contributed by atoms with Gasteiger partial charge in [0, 0.05) is 4.90 Å². The van der Waals surface area contributed by atoms with Gasteiger partial charge in [-0.25, -0.2) is 4.98 Å². The third kappa shape index (κ3) is 4.04. The molecular weight excluding hydrogens is 310 g/mol. The van der Waals surface area contributed by atoms with Crippen molar-refractivity contribution in [3.05, 3.63) is 48.5 Å². The number of nitrogens with one attached hydrogen (secondary N) is 2. The number of imidazole rings is 1. The van der Waals surface area contributed by atoms with E-state index in [0.29, 0.717) is 18.3 Å². The van der Waals surface area contributed by atoms with Crippen molar-refractivity contribution >= 4 is 34.7 Å². The summed E-state index contributed by atoms with van der Waals surface area (Å²) >= 11 is 1.47. The zero-order valence-electron chi connectivity index (χ0n) is 12.7. The lowest BCUT2D eigenvalue weighted by molar-refractivity contribution is -0.113. The summed E-state index contributed by atoms with van der Waals surface area (Å²) in [5, 5.41) is 2.78. The van der Waals surface area contributed by atoms with Crippen LogP contribution in [0.25, 0.3) is 11.0 Å². The number of fused-ring (bicyclic) bond motifs is 1. The van der Waals surface area contributed by atoms with Crippen molar-refractivity contribution < 1.29 is 9.53 Å². The molecule has 23 heavy (non-hydrogen) atoms. The molecule has 3 rings (SSSR count). The Morgan fingerprint density at radius 3 is 2.74 bits per heavy atom. The molecule has 3 aromatic rings. The number of para-hydroxylation sites is 2. The molecule has 2 N–H and O–H groups in total. The number of amides is 1. The van der Waals surface area contributed by atoms with Gasteiger partial charge in [0.2, 0.25) is 11.9 Å². The number of hydrogen-bond acceptors (Lipinski definition) is 4. The number of aromatic amines is 1. The van der Waals surface area contributed by atoms with Crippen molar-refractivity contribution in [3.63, 3.8) is 0 Å². The quantitative estimate of drug-likeness (QED) is 0.678. The van der Waals surface area contributed by atoms with Crippen LogP contribution in [0.4, 0.5) is 5.95 Å². The third-order valence-corrected chi connectivity index (χ3v) is 4.16. The van der Waals surface area contributed by atoms with Crippen LogP contribution in [-0.4, -0.2) is 28.2 Å². The van der Waals surface area contributed by atoms with E-state index in [1.807, 2.05) is 55.5 Å². The predicted octanol–water partition coefficient (Wildman–Crippen LogP) is 3.69. The van der Waals surface area contributed by atoms with Gasteiger partial charge in [-0.1, -0.05) is 12.1 Å². The summed E-state index contributed by atoms with van der Waals surface area (Å²) in [5.41, 5.74) is 1.74. The number of H-pyrrole nitrogens is 1. The van der Waals surface area contributed by atoms with E-state index in [4.69, 9.17) is 4.74 Å². The first kappa shape index (κ1) is 15.4. The summed E-state index contributed by atoms with van der Waals surface area (Å²) in [6.07, 6.45) is 0. The SMILES string of the molecule is CCOc1ccc(SCC(=O)Nc2nc3ccccc3[nH]2)cc1. The molecule has 0 bridgehead atoms. The van der Waals surface area contributed by atoms with E-state index in [1.165, 1.54) is 11.8 Å². The maximum Gasteiger partial charge on any atom is 0.237 e. The number of hydrogen-bond donors (Lipinski definition) is 2. The highest BCUT2D eigenvalue weighted by Gasteiger charge is 2.07. The maximum absolute atomic E-state index is 12.0. The molecule has 1 heterocycles. The number of rotatable bonds is 6. The number of nitrogens with zero attached hydrogens (tertiary/aromatic N) is 1. The van der Waals surface area contributed by atoms with Gasteiger partial charge in [-0.15, -0.1) is 11.8 Å². The normalized spacial score (nSPS) is 10.7. The highest BCUT2D eigenvalue weighted by Crippen LogP contribution is 2.21. The summed E-state index contributed by atoms with van der Waals surface area (Å²) in [7, 11) is 0. The molecule has 0 aliphatic heterocycles. The van der Waals surface area contributed by atoms with Crippen LogP contribution in [0.15, 0.2) is 53.4 Å². The number of carbonyl (C=O) groups is 1. The third-order valence-electron chi connectivity index (χ3n) is 3.15. The van der Waals surface area contributed by atoms with E-state index >= 15 is 0 Å². The first-order valence-electron chi connectivity index (χ1n) is 7.35. The number of anilines is 1. The molecule has 6 heteroatoms. The van der Waals surface area contributed by atoms with Gasteiger partial charge in [-0.2, -0.15) is 0 Å². The highest BCUT2D eigenvalue weighted by molar-refractivity contribution is 8.00. The van der Waals surface area contributed by atoms with Gasteiger partial charge in [-0.05, 0) is 43.3 Å². The van der Waals surface area contributed by atoms with Crippen LogP contribution in [0.5, 0.6) is 5.75 Å². The lowest BCUT2D eigenvalue weighted by Crippen LogP contribution is -2.14. The summed E-state index contributed by atoms with van der Waals surface area (Å²) < 4.78 is 5.39. The molecule has 0 fully saturated rings. The molecule has 2 aromatic carbocycles. The number of ether oxygens (including phenoxy) is 1. The van der Waals surface area contributed by atoms with Crippen LogP contribution in [0.2, 0.25) is 0 Å². The fourth-order valence-corrected chi connectivity index (χ4v) is 2.83. The molecule has 0 unspecified atom stereocenters. The monoisotopic (exact) mass is 327 g/mol. The highest BCUT2D eigenvalue weighted by atomic mass is 32.2. The van der Waals surface area contributed by atoms with Gasteiger partial charge >= 0.3 is 0 Å². The minimum Gasteiger partial charge on any atom is -0.494 e. The zero-order chi connectivity index (χ0) is 16.1. The van der Waals surface area contributed by atoms with Crippen LogP contribution in [-0.2, 0) is 4.79 Å². The predicted molar refractivity (Wildman–Crippen MR) is 93.1 cm³/mol. The van der Waals surface area contributed by atoms with Crippen LogP contribution in [0.1, 0.15) is 6.92 Å². The smallest absolute Gasteiger partial charge is 0.237 e. The molecule has 118 valence electrons. The molecule has 0 aliphatic rings. The van der Waals surface area contributed by atoms with Crippen LogP contribution >= 0.6 is 11.8 Å². The molecule has 1 aromatic heterocycles. The van der Waals surface area contributed by atoms with E-state index in [1.54, 1.807) is 0 Å². The summed E-state index contributed by atoms with van der Waals surface area (Å²) in [6.45, 7) is 2.59. The van der Waals surface area contributed by atoms with Crippen molar-refractivity contribution in [3.8, 4) is 5.75 Å². The van der Waals surface area contributed by atoms with Gasteiger partial charge in [0.1, 0.15) is 5.75 Å². The second kappa shape index (κ2) is 7.19. The fraction of sp³-hybridized carbons (Fsp3) is 0.176. The number of thioether (sulfide) groups is 1. The molecule has 5 nitrogen and oxygen atoms in total. The minimum atomic E-state index is -0.0945. The molecule has 0 aliphatic carbocycles. The van der Waals surface area contributed by atoms with Crippen molar-refractivity contribution in [2.24, 2.45) is 0 Å². The minimum absolute atomic E-state index is 0.0945. The lowest BCUT2D eigenvalue weighted by atomic mass is 10.3. The van der Waals surface area contributed by atoms with Gasteiger partial charge in [0.15, 0.2) is 0 Å². The number of benzene rings is 2. The first-order valence-corrected chi connectivity index (χ1v) is 8.33. The van der Waals surface area contributed by atoms with E-state index in [0.717, 1.165) is 21.7 Å². The summed E-state index contributed by atoms with van der Waals surface area (Å²) in [6, 6.07) is 15.4. The van der Waals surface area contributed by atoms with Crippen LogP contribution < -0.4 is 10.1 Å². The first-order chi connectivity index (χ1) is 11.2. The average molecular weight is 327 g/mol. The van der Waals surface area contributed by atoms with Crippen LogP contribution in [0.3, 0.4) is 0 Å². The zero-order valence-corrected chi connectivity index (χ0v) is 13.5. The Balaban J connectivity index is 1.54. The van der Waals surface area contributed by atoms with Crippen molar-refractivity contribution in [2.45, 2.75) is 11.8 Å². The van der Waals surface area contributed by atoms with Gasteiger partial charge < -0.3 is 9.72 Å². The Morgan fingerprint density at radius 1 is 1.22 bits per heavy atom. The van der Waals surface area contributed by atoms with E-state index < -0.39 is 0 Å². The van der Waals surface area contributed by atoms with Crippen molar-refractivity contribution in [1.29, 1.82) is 0 Å². The van der Waals surface area contributed by atoms with E-state index in [-0.39, 0.29) is 5.91 Å². The second-order valence-electron chi connectivity index (χ2n) is 4.84. The fourth-order valence-electron chi connectivity index (χ4n) is 2.13. The molecule has 0 saturated carbocycles. The molecule has 0 atom stereocenters. The number of aromatic nitrogens is 2. The Hall–Kier alpha value is -2.47. The Morgan fingerprint density at radius 2 is 2.00 bits per heavy atom. The van der Waals surface area contributed by atoms with E-state index in [9.17, 15) is 4.79 Å². The molecule has 0 radical (unpaired) electrons. The largest absolute Gasteiger partial charge is 0.494 e. The molecular formula is C17H17N3O2S. The second-order valence-corrected chi connectivity index (χ2v) is 5.89. The molecule has 1 amide bonds. The topological polar surface area (TPSA) is 67.0 Å². The number of carbonyl (C=O) groups excluding carboxylic acids is 1.